The maximum atomic E-state index is 10.8. The molecule has 60 valence electrons. The molecule has 1 rings (SSSR count). The second-order valence-corrected chi connectivity index (χ2v) is 6.24. The van der Waals surface area contributed by atoms with Crippen LogP contribution in [0.1, 0.15) is 0 Å². The van der Waals surface area contributed by atoms with E-state index in [1.807, 2.05) is 0 Å². The average Bonchev–Trinajstić information content (AvgIpc) is 1.86. The van der Waals surface area contributed by atoms with Crippen LogP contribution in [0.5, 0.6) is 0 Å². The van der Waals surface area contributed by atoms with Crippen molar-refractivity contribution in [2.75, 3.05) is 0 Å². The van der Waals surface area contributed by atoms with Gasteiger partial charge in [-0.25, -0.2) is 8.42 Å². The van der Waals surface area contributed by atoms with Crippen LogP contribution in [-0.4, -0.2) is 8.42 Å². The lowest BCUT2D eigenvalue weighted by Crippen LogP contribution is -1.87. The molecule has 0 aromatic heterocycles. The molecule has 0 unspecified atom stereocenters. The maximum absolute atomic E-state index is 10.8. The Balaban J connectivity index is 3.28. The molecule has 0 saturated carbocycles. The molecule has 2 nitrogen and oxygen atoms in total. The highest BCUT2D eigenvalue weighted by molar-refractivity contribution is 9.47. The highest BCUT2D eigenvalue weighted by Gasteiger charge is 2.07. The largest absolute Gasteiger partial charge is 0.237 e. The van der Waals surface area contributed by atoms with Crippen molar-refractivity contribution in [1.82, 2.24) is 0 Å². The first kappa shape index (κ1) is 9.03. The number of halogens is 2. The van der Waals surface area contributed by atoms with E-state index in [0.717, 1.165) is 0 Å². The van der Waals surface area contributed by atoms with Gasteiger partial charge in [0, 0.05) is 5.02 Å². The lowest BCUT2D eigenvalue weighted by Gasteiger charge is -1.94. The van der Waals surface area contributed by atoms with Crippen molar-refractivity contribution in [1.29, 1.82) is 0 Å². The third-order valence-corrected chi connectivity index (χ3v) is 3.25. The molecule has 1 aromatic rings. The van der Waals surface area contributed by atoms with Crippen LogP contribution in [0.4, 0.5) is 0 Å². The lowest BCUT2D eigenvalue weighted by atomic mass is 10.4. The van der Waals surface area contributed by atoms with Crippen molar-refractivity contribution in [3.63, 3.8) is 0 Å². The topological polar surface area (TPSA) is 34.1 Å². The first-order chi connectivity index (χ1) is 5.00. The van der Waals surface area contributed by atoms with E-state index in [9.17, 15) is 8.42 Å². The second-order valence-electron chi connectivity index (χ2n) is 1.90. The fourth-order valence-electron chi connectivity index (χ4n) is 0.619. The SMILES string of the molecule is O=S(=O)(Br)c1cccc(Cl)c1. The monoisotopic (exact) mass is 254 g/mol. The molecule has 0 atom stereocenters. The summed E-state index contributed by atoms with van der Waals surface area (Å²) in [4.78, 5) is 0.171. The van der Waals surface area contributed by atoms with Gasteiger partial charge in [0.05, 0.1) is 19.7 Å². The van der Waals surface area contributed by atoms with Crippen LogP contribution >= 0.6 is 26.4 Å². The minimum Gasteiger partial charge on any atom is -0.212 e. The molecule has 0 amide bonds. The van der Waals surface area contributed by atoms with Crippen molar-refractivity contribution < 1.29 is 8.42 Å². The van der Waals surface area contributed by atoms with Crippen molar-refractivity contribution in [3.8, 4) is 0 Å². The summed E-state index contributed by atoms with van der Waals surface area (Å²) >= 11 is 8.10. The van der Waals surface area contributed by atoms with Gasteiger partial charge in [0.15, 0.2) is 0 Å². The summed E-state index contributed by atoms with van der Waals surface area (Å²) < 4.78 is 21.7. The second kappa shape index (κ2) is 3.13. The van der Waals surface area contributed by atoms with Crippen molar-refractivity contribution in [3.05, 3.63) is 29.3 Å². The van der Waals surface area contributed by atoms with Gasteiger partial charge >= 0.3 is 0 Å². The summed E-state index contributed by atoms with van der Waals surface area (Å²) in [6.45, 7) is 0. The van der Waals surface area contributed by atoms with Gasteiger partial charge in [-0.2, -0.15) is 0 Å². The fourth-order valence-corrected chi connectivity index (χ4v) is 1.99. The van der Waals surface area contributed by atoms with E-state index in [1.54, 1.807) is 12.1 Å². The van der Waals surface area contributed by atoms with Crippen LogP contribution in [0.25, 0.3) is 0 Å². The van der Waals surface area contributed by atoms with Crippen LogP contribution < -0.4 is 0 Å². The normalized spacial score (nSPS) is 11.5. The first-order valence-electron chi connectivity index (χ1n) is 2.70. The quantitative estimate of drug-likeness (QED) is 0.722. The predicted molar refractivity (Wildman–Crippen MR) is 47.6 cm³/mol. The number of hydrogen-bond donors (Lipinski definition) is 0. The minimum absolute atomic E-state index is 0.171. The van der Waals surface area contributed by atoms with Crippen molar-refractivity contribution in [2.45, 2.75) is 4.90 Å². The molecular formula is C6H4BrClO2S. The van der Waals surface area contributed by atoms with Crippen LogP contribution in [-0.2, 0) is 8.27 Å². The molecule has 0 radical (unpaired) electrons. The van der Waals surface area contributed by atoms with Crippen LogP contribution in [0.3, 0.4) is 0 Å². The fraction of sp³-hybridized carbons (Fsp3) is 0. The zero-order valence-corrected chi connectivity index (χ0v) is 8.45. The van der Waals surface area contributed by atoms with Crippen LogP contribution in [0.15, 0.2) is 29.2 Å². The molecule has 0 fully saturated rings. The van der Waals surface area contributed by atoms with Gasteiger partial charge in [-0.1, -0.05) is 17.7 Å². The Morgan fingerprint density at radius 2 is 2.00 bits per heavy atom. The van der Waals surface area contributed by atoms with Gasteiger partial charge in [0.25, 0.3) is 0 Å². The molecule has 0 N–H and O–H groups in total. The third-order valence-electron chi connectivity index (χ3n) is 1.08. The predicted octanol–water partition coefficient (Wildman–Crippen LogP) is 2.42. The Bertz CT molecular complexity index is 361. The number of benzene rings is 1. The molecule has 11 heavy (non-hydrogen) atoms. The van der Waals surface area contributed by atoms with Gasteiger partial charge in [-0.3, -0.25) is 0 Å². The maximum Gasteiger partial charge on any atom is 0.237 e. The summed E-state index contributed by atoms with van der Waals surface area (Å²) in [7, 11) is -3.30. The minimum atomic E-state index is -3.30. The highest BCUT2D eigenvalue weighted by Crippen LogP contribution is 2.19. The molecule has 0 heterocycles. The molecular weight excluding hydrogens is 251 g/mol. The van der Waals surface area contributed by atoms with E-state index in [2.05, 4.69) is 14.8 Å². The number of hydrogen-bond acceptors (Lipinski definition) is 2. The molecule has 1 aromatic carbocycles. The van der Waals surface area contributed by atoms with Crippen molar-refractivity contribution in [2.24, 2.45) is 0 Å². The molecule has 0 spiro atoms. The molecule has 0 aliphatic rings. The van der Waals surface area contributed by atoms with Crippen molar-refractivity contribution >= 4 is 34.7 Å². The summed E-state index contributed by atoms with van der Waals surface area (Å²) in [5.41, 5.74) is 0. The highest BCUT2D eigenvalue weighted by atomic mass is 79.9. The molecule has 0 aliphatic heterocycles. The first-order valence-corrected chi connectivity index (χ1v) is 6.41. The van der Waals surface area contributed by atoms with Gasteiger partial charge in [0.2, 0.25) is 8.27 Å². The van der Waals surface area contributed by atoms with Crippen LogP contribution in [0.2, 0.25) is 5.02 Å². The van der Waals surface area contributed by atoms with E-state index < -0.39 is 8.27 Å². The Morgan fingerprint density at radius 1 is 1.36 bits per heavy atom. The Labute approximate surface area is 77.3 Å². The van der Waals surface area contributed by atoms with E-state index >= 15 is 0 Å². The van der Waals surface area contributed by atoms with E-state index in [0.29, 0.717) is 5.02 Å². The van der Waals surface area contributed by atoms with E-state index in [-0.39, 0.29) is 4.90 Å². The van der Waals surface area contributed by atoms with Crippen LogP contribution in [0, 0.1) is 0 Å². The molecule has 5 heteroatoms. The Morgan fingerprint density at radius 3 is 2.36 bits per heavy atom. The van der Waals surface area contributed by atoms with Gasteiger partial charge in [-0.15, -0.1) is 0 Å². The zero-order chi connectivity index (χ0) is 8.48. The van der Waals surface area contributed by atoms with Gasteiger partial charge in [0.1, 0.15) is 0 Å². The molecule has 0 saturated heterocycles. The number of rotatable bonds is 1. The molecule has 0 bridgehead atoms. The van der Waals surface area contributed by atoms with Gasteiger partial charge < -0.3 is 0 Å². The summed E-state index contributed by atoms with van der Waals surface area (Å²) in [6.07, 6.45) is 0. The van der Waals surface area contributed by atoms with E-state index in [4.69, 9.17) is 11.6 Å². The van der Waals surface area contributed by atoms with Gasteiger partial charge in [-0.05, 0) is 18.2 Å². The lowest BCUT2D eigenvalue weighted by molar-refractivity contribution is 0.611. The summed E-state index contributed by atoms with van der Waals surface area (Å²) in [5.74, 6) is 0. The molecule has 0 aliphatic carbocycles. The third kappa shape index (κ3) is 2.47. The summed E-state index contributed by atoms with van der Waals surface area (Å²) in [5, 5.41) is 0.408. The van der Waals surface area contributed by atoms with E-state index in [1.165, 1.54) is 12.1 Å². The Hall–Kier alpha value is -0.0600. The smallest absolute Gasteiger partial charge is 0.212 e. The zero-order valence-electron chi connectivity index (χ0n) is 5.29. The standard InChI is InChI=1S/C6H4BrClO2S/c7-11(9,10)6-3-1-2-5(8)4-6/h1-4H. The Kier molecular flexibility index (Phi) is 2.57. The summed E-state index contributed by atoms with van der Waals surface area (Å²) in [6, 6.07) is 6.04. The average molecular weight is 256 g/mol.